The van der Waals surface area contributed by atoms with Gasteiger partial charge in [0.25, 0.3) is 0 Å². The Morgan fingerprint density at radius 2 is 1.77 bits per heavy atom. The number of rotatable bonds is 6. The second-order valence-corrected chi connectivity index (χ2v) is 7.41. The Labute approximate surface area is 138 Å². The lowest BCUT2D eigenvalue weighted by molar-refractivity contribution is -0.157. The summed E-state index contributed by atoms with van der Waals surface area (Å²) < 4.78 is 5.56. The topological polar surface area (TPSA) is 46.5 Å². The van der Waals surface area contributed by atoms with Gasteiger partial charge in [-0.15, -0.1) is 0 Å². The molecule has 0 saturated carbocycles. The average molecular weight is 322 g/mol. The highest BCUT2D eigenvalue weighted by Crippen LogP contribution is 2.33. The Kier molecular flexibility index (Phi) is 6.54. The molecule has 3 nitrogen and oxygen atoms in total. The summed E-state index contributed by atoms with van der Waals surface area (Å²) in [4.78, 5) is 12.7. The molecule has 1 N–H and O–H groups in total. The zero-order valence-electron chi connectivity index (χ0n) is 14.0. The number of aliphatic hydroxyl groups is 1. The third-order valence-electron chi connectivity index (χ3n) is 3.26. The largest absolute Gasteiger partial charge is 0.502 e. The van der Waals surface area contributed by atoms with E-state index in [-0.39, 0.29) is 11.0 Å². The molecule has 0 aromatic heterocycles. The van der Waals surface area contributed by atoms with Crippen LogP contribution >= 0.6 is 12.2 Å². The van der Waals surface area contributed by atoms with Gasteiger partial charge in [-0.1, -0.05) is 44.2 Å². The van der Waals surface area contributed by atoms with Crippen LogP contribution in [0.2, 0.25) is 0 Å². The molecular formula is C18H26O3S. The normalized spacial score (nSPS) is 14.5. The molecule has 0 unspecified atom stereocenters. The molecule has 0 aliphatic carbocycles. The van der Waals surface area contributed by atoms with E-state index in [1.165, 1.54) is 0 Å². The lowest BCUT2D eigenvalue weighted by Crippen LogP contribution is -2.34. The smallest absolute Gasteiger partial charge is 0.314 e. The first-order valence-corrected chi connectivity index (χ1v) is 8.03. The molecule has 122 valence electrons. The number of thiocarbonyl (C=S) groups is 1. The monoisotopic (exact) mass is 322 g/mol. The fraction of sp³-hybridized carbons (Fsp3) is 0.556. The molecule has 0 heterocycles. The van der Waals surface area contributed by atoms with Crippen molar-refractivity contribution >= 4 is 23.2 Å². The van der Waals surface area contributed by atoms with Crippen molar-refractivity contribution in [3.05, 3.63) is 35.9 Å². The van der Waals surface area contributed by atoms with Crippen LogP contribution in [0, 0.1) is 11.8 Å². The number of hydrogen-bond acceptors (Lipinski definition) is 3. The number of hydrogen-bond donors (Lipinski definition) is 1. The van der Waals surface area contributed by atoms with E-state index in [4.69, 9.17) is 17.0 Å². The van der Waals surface area contributed by atoms with Gasteiger partial charge in [-0.3, -0.25) is 4.79 Å². The molecule has 0 aliphatic rings. The third kappa shape index (κ3) is 5.76. The predicted octanol–water partition coefficient (Wildman–Crippen LogP) is 4.66. The van der Waals surface area contributed by atoms with Crippen LogP contribution in [0.4, 0.5) is 0 Å². The van der Waals surface area contributed by atoms with Gasteiger partial charge in [0.1, 0.15) is 5.60 Å². The van der Waals surface area contributed by atoms with Crippen molar-refractivity contribution < 1.29 is 14.6 Å². The first-order chi connectivity index (χ1) is 10.1. The highest BCUT2D eigenvalue weighted by atomic mass is 32.1. The zero-order valence-corrected chi connectivity index (χ0v) is 14.8. The number of benzene rings is 1. The van der Waals surface area contributed by atoms with Gasteiger partial charge in [0.15, 0.2) is 5.05 Å². The number of carbonyl (C=O) groups is 1. The molecule has 0 spiro atoms. The lowest BCUT2D eigenvalue weighted by atomic mass is 9.81. The number of ether oxygens (including phenoxy) is 1. The van der Waals surface area contributed by atoms with Gasteiger partial charge < -0.3 is 9.84 Å². The second kappa shape index (κ2) is 7.73. The van der Waals surface area contributed by atoms with Crippen molar-refractivity contribution in [2.45, 2.75) is 52.6 Å². The summed E-state index contributed by atoms with van der Waals surface area (Å²) in [6, 6.07) is 9.39. The minimum atomic E-state index is -0.583. The average Bonchev–Trinajstić information content (AvgIpc) is 2.36. The van der Waals surface area contributed by atoms with Crippen molar-refractivity contribution in [2.24, 2.45) is 11.8 Å². The molecule has 22 heavy (non-hydrogen) atoms. The molecular weight excluding hydrogens is 296 g/mol. The summed E-state index contributed by atoms with van der Waals surface area (Å²) >= 11 is 5.02. The summed E-state index contributed by atoms with van der Waals surface area (Å²) in [5.41, 5.74) is 0.239. The maximum Gasteiger partial charge on any atom is 0.314 e. The summed E-state index contributed by atoms with van der Waals surface area (Å²) in [6.07, 6.45) is 0.633. The predicted molar refractivity (Wildman–Crippen MR) is 93.2 cm³/mol. The number of carbonyl (C=O) groups excluding carboxylic acids is 1. The van der Waals surface area contributed by atoms with E-state index in [1.54, 1.807) is 0 Å². The Balaban J connectivity index is 3.20. The van der Waals surface area contributed by atoms with Gasteiger partial charge in [0.05, 0.1) is 5.92 Å². The SMILES string of the molecule is CC(C)C[C@@H](C(O)=S)[C@H](C(=O)OC(C)(C)C)c1ccccc1. The van der Waals surface area contributed by atoms with Gasteiger partial charge in [0.2, 0.25) is 0 Å². The quantitative estimate of drug-likeness (QED) is 0.611. The fourth-order valence-corrected chi connectivity index (χ4v) is 2.68. The van der Waals surface area contributed by atoms with Crippen molar-refractivity contribution in [3.63, 3.8) is 0 Å². The minimum absolute atomic E-state index is 0.131. The van der Waals surface area contributed by atoms with E-state index in [0.29, 0.717) is 12.3 Å². The van der Waals surface area contributed by atoms with Crippen LogP contribution in [0.15, 0.2) is 30.3 Å². The van der Waals surface area contributed by atoms with Gasteiger partial charge in [0, 0.05) is 5.92 Å². The highest BCUT2D eigenvalue weighted by molar-refractivity contribution is 7.80. The molecule has 0 aliphatic heterocycles. The highest BCUT2D eigenvalue weighted by Gasteiger charge is 2.36. The van der Waals surface area contributed by atoms with E-state index in [2.05, 4.69) is 0 Å². The van der Waals surface area contributed by atoms with Gasteiger partial charge >= 0.3 is 5.97 Å². The van der Waals surface area contributed by atoms with Crippen LogP contribution < -0.4 is 0 Å². The Morgan fingerprint density at radius 1 is 1.23 bits per heavy atom. The van der Waals surface area contributed by atoms with E-state index in [9.17, 15) is 9.90 Å². The molecule has 2 atom stereocenters. The maximum absolute atomic E-state index is 12.7. The number of esters is 1. The van der Waals surface area contributed by atoms with Crippen LogP contribution in [0.25, 0.3) is 0 Å². The van der Waals surface area contributed by atoms with Crippen LogP contribution in [0.1, 0.15) is 52.5 Å². The molecule has 1 aromatic rings. The zero-order chi connectivity index (χ0) is 16.9. The first kappa shape index (κ1) is 18.6. The molecule has 0 fully saturated rings. The molecule has 4 heteroatoms. The van der Waals surface area contributed by atoms with Crippen LogP contribution in [0.3, 0.4) is 0 Å². The van der Waals surface area contributed by atoms with Crippen molar-refractivity contribution in [1.82, 2.24) is 0 Å². The molecule has 0 radical (unpaired) electrons. The summed E-state index contributed by atoms with van der Waals surface area (Å²) in [5.74, 6) is -1.04. The third-order valence-corrected chi connectivity index (χ3v) is 3.57. The summed E-state index contributed by atoms with van der Waals surface area (Å²) in [5, 5.41) is 9.83. The molecule has 1 aromatic carbocycles. The van der Waals surface area contributed by atoms with E-state index in [0.717, 1.165) is 5.56 Å². The van der Waals surface area contributed by atoms with Crippen LogP contribution in [-0.2, 0) is 9.53 Å². The Morgan fingerprint density at radius 3 is 2.18 bits per heavy atom. The standard InChI is InChI=1S/C18H26O3S/c1-12(2)11-14(17(20)22)15(13-9-7-6-8-10-13)16(19)21-18(3,4)5/h6-10,12,14-15H,11H2,1-5H3,(H,20,22)/t14-,15-/m1/s1. The van der Waals surface area contributed by atoms with Crippen LogP contribution in [-0.4, -0.2) is 21.7 Å². The van der Waals surface area contributed by atoms with Gasteiger partial charge in [-0.2, -0.15) is 0 Å². The van der Waals surface area contributed by atoms with E-state index < -0.39 is 17.4 Å². The molecule has 0 saturated heterocycles. The van der Waals surface area contributed by atoms with Crippen LogP contribution in [0.5, 0.6) is 0 Å². The van der Waals surface area contributed by atoms with Crippen molar-refractivity contribution in [1.29, 1.82) is 0 Å². The van der Waals surface area contributed by atoms with E-state index in [1.807, 2.05) is 65.0 Å². The number of aliphatic hydroxyl groups excluding tert-OH is 1. The first-order valence-electron chi connectivity index (χ1n) is 7.62. The van der Waals surface area contributed by atoms with Crippen molar-refractivity contribution in [3.8, 4) is 0 Å². The Hall–Kier alpha value is -1.42. The molecule has 0 amide bonds. The van der Waals surface area contributed by atoms with Crippen molar-refractivity contribution in [2.75, 3.05) is 0 Å². The molecule has 1 rings (SSSR count). The maximum atomic E-state index is 12.7. The van der Waals surface area contributed by atoms with Gasteiger partial charge in [-0.25, -0.2) is 0 Å². The van der Waals surface area contributed by atoms with E-state index >= 15 is 0 Å². The summed E-state index contributed by atoms with van der Waals surface area (Å²) in [7, 11) is 0. The second-order valence-electron chi connectivity index (χ2n) is 7.00. The lowest BCUT2D eigenvalue weighted by Gasteiger charge is -2.29. The Bertz CT molecular complexity index is 503. The summed E-state index contributed by atoms with van der Waals surface area (Å²) in [6.45, 7) is 9.59. The fourth-order valence-electron chi connectivity index (χ4n) is 2.45. The molecule has 0 bridgehead atoms. The van der Waals surface area contributed by atoms with Gasteiger partial charge in [-0.05, 0) is 50.9 Å². The minimum Gasteiger partial charge on any atom is -0.502 e.